The van der Waals surface area contributed by atoms with Gasteiger partial charge in [-0.3, -0.25) is 24.8 Å². The minimum absolute atomic E-state index is 0. The Morgan fingerprint density at radius 3 is 1.83 bits per heavy atom. The minimum atomic E-state index is -5.22. The van der Waals surface area contributed by atoms with Crippen molar-refractivity contribution in [3.8, 4) is 5.69 Å². The van der Waals surface area contributed by atoms with E-state index in [0.717, 1.165) is 42.5 Å². The summed E-state index contributed by atoms with van der Waals surface area (Å²) in [5, 5.41) is 34.0. The van der Waals surface area contributed by atoms with Gasteiger partial charge in [-0.1, -0.05) is 18.2 Å². The van der Waals surface area contributed by atoms with Crippen LogP contribution in [0.2, 0.25) is 0 Å². The number of aromatic amines is 1. The molecule has 3 aromatic rings. The quantitative estimate of drug-likeness (QED) is 0.0235. The third-order valence-corrected chi connectivity index (χ3v) is 9.91. The number of ether oxygens (including phenoxy) is 2. The van der Waals surface area contributed by atoms with Crippen LogP contribution in [0.3, 0.4) is 0 Å². The number of hydrazone groups is 1. The van der Waals surface area contributed by atoms with E-state index in [4.69, 9.17) is 9.47 Å². The van der Waals surface area contributed by atoms with Crippen LogP contribution < -0.4 is 227 Å². The van der Waals surface area contributed by atoms with Crippen LogP contribution in [0.4, 0.5) is 5.69 Å². The topological polar surface area (TPSA) is 320 Å². The van der Waals surface area contributed by atoms with E-state index in [2.05, 4.69) is 28.9 Å². The Hall–Kier alpha value is 1.84. The normalized spacial score (nSPS) is 13.9. The molecule has 0 fully saturated rings. The fraction of sp³-hybridized carbons (Fsp3) is 0.207. The van der Waals surface area contributed by atoms with Crippen LogP contribution in [0.25, 0.3) is 11.8 Å². The first-order chi connectivity index (χ1) is 26.1. The second kappa shape index (κ2) is 28.8. The smallest absolute Gasteiger partial charge is 0.744 e. The Bertz CT molecular complexity index is 2340. The van der Waals surface area contributed by atoms with Gasteiger partial charge in [0.05, 0.1) is 69.9 Å². The molecule has 0 saturated carbocycles. The van der Waals surface area contributed by atoms with Crippen molar-refractivity contribution in [2.75, 3.05) is 18.2 Å². The van der Waals surface area contributed by atoms with Crippen molar-refractivity contribution in [3.63, 3.8) is 0 Å². The molecule has 0 spiro atoms. The van der Waals surface area contributed by atoms with Crippen molar-refractivity contribution in [2.45, 2.75) is 39.9 Å². The van der Waals surface area contributed by atoms with Crippen LogP contribution in [0.15, 0.2) is 84.1 Å². The number of rotatable bonds is 18. The van der Waals surface area contributed by atoms with Crippen molar-refractivity contribution < 1.29 is 285 Å². The van der Waals surface area contributed by atoms with Crippen LogP contribution in [0.1, 0.15) is 36.3 Å². The molecule has 2 aromatic carbocycles. The fourth-order valence-corrected chi connectivity index (χ4v) is 6.87. The van der Waals surface area contributed by atoms with Crippen molar-refractivity contribution in [1.82, 2.24) is 9.78 Å². The molecule has 22 nitrogen and oxygen atoms in total. The molecule has 59 heavy (non-hydrogen) atoms. The van der Waals surface area contributed by atoms with Gasteiger partial charge in [-0.15, -0.1) is 0 Å². The molecule has 296 valence electrons. The van der Waals surface area contributed by atoms with Gasteiger partial charge in [0.15, 0.2) is 11.4 Å². The molecule has 30 heteroatoms. The average Bonchev–Trinajstić information content (AvgIpc) is 3.64. The fourth-order valence-electron chi connectivity index (χ4n) is 4.81. The number of nitrogens with zero attached hydrogens (tertiary/aromatic N) is 3. The van der Waals surface area contributed by atoms with Gasteiger partial charge >= 0.3 is 217 Å². The zero-order chi connectivity index (χ0) is 40.5. The van der Waals surface area contributed by atoms with E-state index in [9.17, 15) is 55.6 Å². The van der Waals surface area contributed by atoms with E-state index in [1.54, 1.807) is 0 Å². The number of carbonyl (C=O) groups excluding carboxylic acids is 3. The van der Waals surface area contributed by atoms with Crippen molar-refractivity contribution in [1.29, 1.82) is 0 Å². The van der Waals surface area contributed by atoms with Crippen LogP contribution in [-0.2, 0) is 58.0 Å². The number of benzene rings is 2. The largest absolute Gasteiger partial charge is 1.00 e. The maximum Gasteiger partial charge on any atom is 1.00 e. The molecule has 0 saturated heterocycles. The molecule has 1 N–H and O–H groups in total. The summed E-state index contributed by atoms with van der Waals surface area (Å²) in [6, 6.07) is 5.78. The number of carbonyl (C=O) groups is 3. The maximum atomic E-state index is 13.6. The summed E-state index contributed by atoms with van der Waals surface area (Å²) in [7, 11) is -10.4. The van der Waals surface area contributed by atoms with Gasteiger partial charge in [-0.05, 0) is 62.7 Å². The number of esters is 2. The number of hydrogen-bond acceptors (Lipinski definition) is 21. The number of nitrogens with one attached hydrogen (secondary N) is 1. The number of anilines is 1. The third kappa shape index (κ3) is 16.6. The minimum Gasteiger partial charge on any atom is -0.744 e. The molecule has 1 aliphatic rings. The van der Waals surface area contributed by atoms with Gasteiger partial charge in [0.2, 0.25) is 0 Å². The second-order valence-corrected chi connectivity index (χ2v) is 14.5. The Morgan fingerprint density at radius 1 is 0.814 bits per heavy atom. The molecule has 4 rings (SSSR count). The molecule has 1 atom stereocenters. The van der Waals surface area contributed by atoms with Crippen molar-refractivity contribution in [2.24, 2.45) is 11.0 Å². The van der Waals surface area contributed by atoms with Crippen LogP contribution in [-0.4, -0.2) is 72.5 Å². The van der Waals surface area contributed by atoms with Gasteiger partial charge in [0, 0.05) is 9.79 Å². The summed E-state index contributed by atoms with van der Waals surface area (Å²) in [5.74, 6) is -4.48. The number of aromatic nitrogens is 2. The maximum absolute atomic E-state index is 13.6. The van der Waals surface area contributed by atoms with Crippen molar-refractivity contribution in [3.05, 3.63) is 76.2 Å². The monoisotopic (exact) mass is 1000 g/mol. The summed E-state index contributed by atoms with van der Waals surface area (Å²) in [5.41, 5.74) is -3.51. The first-order valence-corrected chi connectivity index (χ1v) is 19.3. The molecule has 0 radical (unpaired) electrons. The number of H-pyrrole nitrogens is 1. The predicted octanol–water partition coefficient (Wildman–Crippen LogP) is -11.8. The molecule has 1 aromatic heterocycles. The molecular formula is C29H24K4N4O18S4. The van der Waals surface area contributed by atoms with E-state index in [1.165, 1.54) is 32.1 Å². The molecule has 2 heterocycles. The molecule has 1 aliphatic heterocycles. The van der Waals surface area contributed by atoms with Crippen LogP contribution >= 0.6 is 24.1 Å². The Morgan fingerprint density at radius 2 is 1.32 bits per heavy atom. The van der Waals surface area contributed by atoms with Gasteiger partial charge < -0.3 is 29.1 Å². The number of allylic oxidation sites excluding steroid dienone is 3. The summed E-state index contributed by atoms with van der Waals surface area (Å²) in [6.07, 6.45) is 4.62. The third-order valence-electron chi connectivity index (χ3n) is 7.00. The van der Waals surface area contributed by atoms with E-state index in [1.807, 2.05) is 0 Å². The SMILES string of the molecule is CCOC(=O)C1=NN(c2cc(SOO[O-])ccc2S(=O)(=O)[O-])C(=O)C1CC=CC=Cc1c(C(=O)OCC)[nH]n(-c2cc(SOO[O-])ccc2S(=O)(=O)[O-])c1=O.[K+].[K+].[K+].[K+]. The molecule has 0 bridgehead atoms. The van der Waals surface area contributed by atoms with E-state index in [0.29, 0.717) is 33.8 Å². The summed E-state index contributed by atoms with van der Waals surface area (Å²) in [6.45, 7) is 2.67. The van der Waals surface area contributed by atoms with E-state index >= 15 is 0 Å². The summed E-state index contributed by atoms with van der Waals surface area (Å²) < 4.78 is 91.3. The Balaban J connectivity index is 0.00000841. The van der Waals surface area contributed by atoms with E-state index < -0.39 is 82.1 Å². The van der Waals surface area contributed by atoms with Gasteiger partial charge in [-0.25, -0.2) is 31.1 Å². The first kappa shape index (κ1) is 60.8. The van der Waals surface area contributed by atoms with E-state index in [-0.39, 0.29) is 241 Å². The van der Waals surface area contributed by atoms with Gasteiger partial charge in [-0.2, -0.15) is 18.8 Å². The summed E-state index contributed by atoms with van der Waals surface area (Å²) >= 11 is 0.631. The van der Waals surface area contributed by atoms with Crippen molar-refractivity contribution >= 4 is 79.6 Å². The number of amides is 1. The Kier molecular flexibility index (Phi) is 29.7. The second-order valence-electron chi connectivity index (χ2n) is 10.3. The predicted molar refractivity (Wildman–Crippen MR) is 179 cm³/mol. The molecule has 1 amide bonds. The van der Waals surface area contributed by atoms with Crippen LogP contribution in [0, 0.1) is 5.92 Å². The zero-order valence-corrected chi connectivity index (χ0v) is 47.6. The summed E-state index contributed by atoms with van der Waals surface area (Å²) in [4.78, 5) is 51.0. The molecule has 0 aliphatic carbocycles. The average molecular weight is 1000 g/mol. The first-order valence-electron chi connectivity index (χ1n) is 15.0. The molecule has 1 unspecified atom stereocenters. The number of hydrogen-bond donors (Lipinski definition) is 1. The zero-order valence-electron chi connectivity index (χ0n) is 31.8. The molecular weight excluding hydrogens is 977 g/mol. The van der Waals surface area contributed by atoms with Gasteiger partial charge in [0.1, 0.15) is 20.2 Å². The van der Waals surface area contributed by atoms with Gasteiger partial charge in [0.25, 0.3) is 11.5 Å². The standard InChI is InChI=1S/C29H28N4O18S4.4K/c1-3-46-28(36)24-18(26(34)32(30-24)20-14-16(52-50-48-38)10-12-22(20)54(40,41)42)8-6-5-7-9-19-25(29(37)47-4-2)31-33(27(19)35)21-15-17(53-51-49-39)11-13-23(21)55(43,44)45;;;;/h5-8,10-15,19,30,38-39H,3-4,9H2,1-2H3,(H,40,41,42)(H,43,44,45);;;;/q;4*+1/p-4. The Labute approximate surface area is 514 Å². The van der Waals surface area contributed by atoms with Crippen LogP contribution in [0.5, 0.6) is 0 Å².